The van der Waals surface area contributed by atoms with E-state index in [4.69, 9.17) is 0 Å². The van der Waals surface area contributed by atoms with Crippen molar-refractivity contribution in [2.24, 2.45) is 0 Å². The van der Waals surface area contributed by atoms with Gasteiger partial charge in [0.25, 0.3) is 0 Å². The summed E-state index contributed by atoms with van der Waals surface area (Å²) in [6, 6.07) is -0.113. The predicted molar refractivity (Wildman–Crippen MR) is 60.0 cm³/mol. The Balaban J connectivity index is 2.20. The van der Waals surface area contributed by atoms with Gasteiger partial charge in [-0.15, -0.1) is 0 Å². The number of ether oxygens (including phenoxy) is 1. The lowest BCUT2D eigenvalue weighted by Crippen LogP contribution is -2.42. The fourth-order valence-electron chi connectivity index (χ4n) is 1.71. The maximum atomic E-state index is 11.5. The summed E-state index contributed by atoms with van der Waals surface area (Å²) in [7, 11) is 0. The van der Waals surface area contributed by atoms with Gasteiger partial charge in [-0.05, 0) is 19.8 Å². The molecule has 1 atom stereocenters. The normalized spacial score (nSPS) is 19.4. The molecule has 0 bridgehead atoms. The van der Waals surface area contributed by atoms with Crippen molar-refractivity contribution >= 4 is 17.8 Å². The highest BCUT2D eigenvalue weighted by atomic mass is 16.5. The Morgan fingerprint density at radius 1 is 1.53 bits per heavy atom. The number of hydrogen-bond donors (Lipinski definition) is 2. The van der Waals surface area contributed by atoms with Gasteiger partial charge < -0.3 is 15.4 Å². The van der Waals surface area contributed by atoms with Crippen molar-refractivity contribution in [3.63, 3.8) is 0 Å². The van der Waals surface area contributed by atoms with E-state index in [-0.39, 0.29) is 30.8 Å². The van der Waals surface area contributed by atoms with Crippen LogP contribution < -0.4 is 10.6 Å². The zero-order chi connectivity index (χ0) is 12.7. The second kappa shape index (κ2) is 6.88. The van der Waals surface area contributed by atoms with Crippen LogP contribution >= 0.6 is 0 Å². The Morgan fingerprint density at radius 2 is 2.29 bits per heavy atom. The van der Waals surface area contributed by atoms with Crippen LogP contribution in [0.15, 0.2) is 0 Å². The molecule has 17 heavy (non-hydrogen) atoms. The molecular formula is C11H18N2O4. The molecule has 1 rings (SSSR count). The predicted octanol–water partition coefficient (Wildman–Crippen LogP) is -0.275. The largest absolute Gasteiger partial charge is 0.465 e. The first kappa shape index (κ1) is 13.5. The van der Waals surface area contributed by atoms with Gasteiger partial charge >= 0.3 is 5.97 Å². The molecule has 0 radical (unpaired) electrons. The summed E-state index contributed by atoms with van der Waals surface area (Å²) in [5, 5.41) is 5.21. The zero-order valence-electron chi connectivity index (χ0n) is 9.95. The lowest BCUT2D eigenvalue weighted by atomic mass is 10.0. The second-order valence-electron chi connectivity index (χ2n) is 3.94. The van der Waals surface area contributed by atoms with Crippen LogP contribution in [0.2, 0.25) is 0 Å². The van der Waals surface area contributed by atoms with Crippen LogP contribution in [-0.2, 0) is 19.1 Å². The van der Waals surface area contributed by atoms with Crippen LogP contribution in [0, 0.1) is 0 Å². The first-order chi connectivity index (χ1) is 8.11. The molecule has 1 fully saturated rings. The van der Waals surface area contributed by atoms with Crippen molar-refractivity contribution < 1.29 is 19.1 Å². The minimum Gasteiger partial charge on any atom is -0.465 e. The molecule has 0 aliphatic carbocycles. The molecule has 0 saturated carbocycles. The topological polar surface area (TPSA) is 84.5 Å². The highest BCUT2D eigenvalue weighted by molar-refractivity contribution is 5.83. The quantitative estimate of drug-likeness (QED) is 0.650. The maximum absolute atomic E-state index is 11.5. The number of rotatable bonds is 5. The molecule has 1 aliphatic heterocycles. The number of esters is 1. The fraction of sp³-hybridized carbons (Fsp3) is 0.727. The van der Waals surface area contributed by atoms with E-state index in [1.807, 2.05) is 0 Å². The lowest BCUT2D eigenvalue weighted by molar-refractivity contribution is -0.143. The summed E-state index contributed by atoms with van der Waals surface area (Å²) in [6.45, 7) is 1.89. The molecule has 2 N–H and O–H groups in total. The molecule has 1 heterocycles. The number of nitrogens with one attached hydrogen (secondary N) is 2. The highest BCUT2D eigenvalue weighted by Gasteiger charge is 2.20. The Kier molecular flexibility index (Phi) is 5.45. The molecule has 0 aromatic rings. The third-order valence-corrected chi connectivity index (χ3v) is 2.49. The summed E-state index contributed by atoms with van der Waals surface area (Å²) in [5.41, 5.74) is 0. The molecule has 1 unspecified atom stereocenters. The van der Waals surface area contributed by atoms with Crippen LogP contribution in [-0.4, -0.2) is 37.0 Å². The Bertz CT molecular complexity index is 304. The number of carbonyl (C=O) groups excluding carboxylic acids is 3. The minimum absolute atomic E-state index is 0.0144. The summed E-state index contributed by atoms with van der Waals surface area (Å²) in [6.07, 6.45) is 2.35. The van der Waals surface area contributed by atoms with Gasteiger partial charge in [0.15, 0.2) is 0 Å². The molecule has 2 amide bonds. The van der Waals surface area contributed by atoms with Crippen LogP contribution in [0.4, 0.5) is 0 Å². The number of amides is 2. The molecule has 0 aromatic carbocycles. The van der Waals surface area contributed by atoms with E-state index in [1.165, 1.54) is 0 Å². The van der Waals surface area contributed by atoms with Crippen LogP contribution in [0.1, 0.15) is 32.6 Å². The third kappa shape index (κ3) is 5.33. The van der Waals surface area contributed by atoms with E-state index >= 15 is 0 Å². The van der Waals surface area contributed by atoms with Gasteiger partial charge in [-0.1, -0.05) is 0 Å². The molecule has 1 saturated heterocycles. The van der Waals surface area contributed by atoms with E-state index in [1.54, 1.807) is 6.92 Å². The smallest absolute Gasteiger partial charge is 0.325 e. The van der Waals surface area contributed by atoms with Crippen molar-refractivity contribution in [2.75, 3.05) is 13.2 Å². The van der Waals surface area contributed by atoms with Gasteiger partial charge in [0.1, 0.15) is 6.54 Å². The van der Waals surface area contributed by atoms with Crippen LogP contribution in [0.5, 0.6) is 0 Å². The molecule has 1 aliphatic rings. The van der Waals surface area contributed by atoms with E-state index < -0.39 is 5.97 Å². The Labute approximate surface area is 100 Å². The van der Waals surface area contributed by atoms with Gasteiger partial charge in [0.05, 0.1) is 6.61 Å². The third-order valence-electron chi connectivity index (χ3n) is 2.49. The van der Waals surface area contributed by atoms with Crippen molar-refractivity contribution in [1.29, 1.82) is 0 Å². The van der Waals surface area contributed by atoms with Crippen molar-refractivity contribution in [3.8, 4) is 0 Å². The van der Waals surface area contributed by atoms with Gasteiger partial charge in [-0.25, -0.2) is 0 Å². The molecule has 6 heteroatoms. The van der Waals surface area contributed by atoms with Gasteiger partial charge in [0.2, 0.25) is 11.8 Å². The van der Waals surface area contributed by atoms with E-state index in [0.29, 0.717) is 13.0 Å². The molecule has 6 nitrogen and oxygen atoms in total. The summed E-state index contributed by atoms with van der Waals surface area (Å²) >= 11 is 0. The number of hydrogen-bond acceptors (Lipinski definition) is 4. The first-order valence-corrected chi connectivity index (χ1v) is 5.83. The van der Waals surface area contributed by atoms with Gasteiger partial charge in [-0.3, -0.25) is 14.4 Å². The van der Waals surface area contributed by atoms with Gasteiger partial charge in [0, 0.05) is 18.9 Å². The van der Waals surface area contributed by atoms with Crippen molar-refractivity contribution in [2.45, 2.75) is 38.6 Å². The highest BCUT2D eigenvalue weighted by Crippen LogP contribution is 2.10. The van der Waals surface area contributed by atoms with E-state index in [2.05, 4.69) is 15.4 Å². The Morgan fingerprint density at radius 3 is 2.94 bits per heavy atom. The summed E-state index contributed by atoms with van der Waals surface area (Å²) in [4.78, 5) is 33.5. The maximum Gasteiger partial charge on any atom is 0.325 e. The first-order valence-electron chi connectivity index (χ1n) is 5.83. The minimum atomic E-state index is -0.450. The average Bonchev–Trinajstić information content (AvgIpc) is 2.27. The summed E-state index contributed by atoms with van der Waals surface area (Å²) < 4.78 is 4.68. The number of carbonyl (C=O) groups is 3. The molecule has 0 aromatic heterocycles. The Hall–Kier alpha value is -1.59. The number of piperidine rings is 1. The van der Waals surface area contributed by atoms with Crippen molar-refractivity contribution in [3.05, 3.63) is 0 Å². The van der Waals surface area contributed by atoms with Gasteiger partial charge in [-0.2, -0.15) is 0 Å². The summed E-state index contributed by atoms with van der Waals surface area (Å²) in [5.74, 6) is -0.710. The SMILES string of the molecule is CCOC(=O)CNC(=O)CC1CCCC(=O)N1. The zero-order valence-corrected chi connectivity index (χ0v) is 9.95. The van der Waals surface area contributed by atoms with E-state index in [9.17, 15) is 14.4 Å². The van der Waals surface area contributed by atoms with E-state index in [0.717, 1.165) is 12.8 Å². The second-order valence-corrected chi connectivity index (χ2v) is 3.94. The molecular weight excluding hydrogens is 224 g/mol. The average molecular weight is 242 g/mol. The van der Waals surface area contributed by atoms with Crippen molar-refractivity contribution in [1.82, 2.24) is 10.6 Å². The van der Waals surface area contributed by atoms with Crippen LogP contribution in [0.3, 0.4) is 0 Å². The monoisotopic (exact) mass is 242 g/mol. The van der Waals surface area contributed by atoms with Crippen LogP contribution in [0.25, 0.3) is 0 Å². The molecule has 0 spiro atoms. The molecule has 96 valence electrons. The lowest BCUT2D eigenvalue weighted by Gasteiger charge is -2.22. The standard InChI is InChI=1S/C11H18N2O4/c1-2-17-11(16)7-12-10(15)6-8-4-3-5-9(14)13-8/h8H,2-7H2,1H3,(H,12,15)(H,13,14). The fourth-order valence-corrected chi connectivity index (χ4v) is 1.71.